The van der Waals surface area contributed by atoms with Crippen molar-refractivity contribution in [1.29, 1.82) is 0 Å². The smallest absolute Gasteiger partial charge is 0.230 e. The number of imide groups is 1. The third kappa shape index (κ3) is 2.77. The summed E-state index contributed by atoms with van der Waals surface area (Å²) >= 11 is 1.57. The standard InChI is InChI=1S/C13H18N2O2S/c1-7(2)4-10-9(5-12(16)15-13(10)17)11-6-18-8(3)14-11/h6-7,9-10H,4-5H2,1-3H3,(H,15,16,17). The fourth-order valence-electron chi connectivity index (χ4n) is 2.45. The Bertz CT molecular complexity index is 467. The molecule has 0 saturated carbocycles. The molecule has 1 N–H and O–H groups in total. The molecule has 2 rings (SSSR count). The zero-order valence-electron chi connectivity index (χ0n) is 10.9. The number of thiazole rings is 1. The first kappa shape index (κ1) is 13.2. The van der Waals surface area contributed by atoms with E-state index in [2.05, 4.69) is 24.1 Å². The SMILES string of the molecule is Cc1nc(C2CC(=O)NC(=O)C2CC(C)C)cs1. The van der Waals surface area contributed by atoms with Crippen LogP contribution in [0.1, 0.15) is 43.3 Å². The number of hydrogen-bond acceptors (Lipinski definition) is 4. The number of carbonyl (C=O) groups excluding carboxylic acids is 2. The van der Waals surface area contributed by atoms with Crippen molar-refractivity contribution in [2.24, 2.45) is 11.8 Å². The minimum atomic E-state index is -0.185. The highest BCUT2D eigenvalue weighted by atomic mass is 32.1. The molecule has 18 heavy (non-hydrogen) atoms. The molecule has 1 aromatic rings. The van der Waals surface area contributed by atoms with Crippen molar-refractivity contribution in [2.45, 2.75) is 39.5 Å². The lowest BCUT2D eigenvalue weighted by atomic mass is 9.79. The Morgan fingerprint density at radius 1 is 1.50 bits per heavy atom. The zero-order valence-corrected chi connectivity index (χ0v) is 11.7. The number of aromatic nitrogens is 1. The van der Waals surface area contributed by atoms with Crippen LogP contribution in [0.3, 0.4) is 0 Å². The first-order chi connectivity index (χ1) is 8.47. The number of nitrogens with one attached hydrogen (secondary N) is 1. The van der Waals surface area contributed by atoms with Gasteiger partial charge in [-0.3, -0.25) is 14.9 Å². The Labute approximate surface area is 111 Å². The molecular formula is C13H18N2O2S. The molecule has 1 aliphatic rings. The van der Waals surface area contributed by atoms with Crippen LogP contribution in [0, 0.1) is 18.8 Å². The quantitative estimate of drug-likeness (QED) is 0.854. The van der Waals surface area contributed by atoms with Crippen LogP contribution in [0.5, 0.6) is 0 Å². The van der Waals surface area contributed by atoms with Gasteiger partial charge in [0.1, 0.15) is 0 Å². The van der Waals surface area contributed by atoms with E-state index in [-0.39, 0.29) is 23.7 Å². The van der Waals surface area contributed by atoms with Crippen molar-refractivity contribution in [3.63, 3.8) is 0 Å². The van der Waals surface area contributed by atoms with Gasteiger partial charge in [0.05, 0.1) is 10.7 Å². The maximum Gasteiger partial charge on any atom is 0.230 e. The van der Waals surface area contributed by atoms with Gasteiger partial charge in [-0.25, -0.2) is 4.98 Å². The van der Waals surface area contributed by atoms with Gasteiger partial charge in [0.25, 0.3) is 0 Å². The average Bonchev–Trinajstić information content (AvgIpc) is 2.68. The van der Waals surface area contributed by atoms with E-state index < -0.39 is 0 Å². The van der Waals surface area contributed by atoms with E-state index in [0.717, 1.165) is 17.1 Å². The van der Waals surface area contributed by atoms with Crippen LogP contribution in [0.15, 0.2) is 5.38 Å². The van der Waals surface area contributed by atoms with E-state index >= 15 is 0 Å². The molecule has 1 aliphatic heterocycles. The Hall–Kier alpha value is -1.23. The molecule has 1 saturated heterocycles. The van der Waals surface area contributed by atoms with Crippen LogP contribution in [0.4, 0.5) is 0 Å². The predicted octanol–water partition coefficient (Wildman–Crippen LogP) is 2.24. The topological polar surface area (TPSA) is 59.1 Å². The molecule has 1 aromatic heterocycles. The maximum atomic E-state index is 12.0. The first-order valence-electron chi connectivity index (χ1n) is 6.23. The summed E-state index contributed by atoms with van der Waals surface area (Å²) in [6.45, 7) is 6.12. The summed E-state index contributed by atoms with van der Waals surface area (Å²) in [6, 6.07) is 0. The van der Waals surface area contributed by atoms with Crippen LogP contribution < -0.4 is 5.32 Å². The van der Waals surface area contributed by atoms with Gasteiger partial charge in [-0.1, -0.05) is 13.8 Å². The lowest BCUT2D eigenvalue weighted by Gasteiger charge is -2.30. The molecule has 2 amide bonds. The van der Waals surface area contributed by atoms with Gasteiger partial charge in [0, 0.05) is 23.6 Å². The minimum Gasteiger partial charge on any atom is -0.296 e. The highest BCUT2D eigenvalue weighted by Crippen LogP contribution is 2.35. The van der Waals surface area contributed by atoms with Gasteiger partial charge in [0.2, 0.25) is 11.8 Å². The van der Waals surface area contributed by atoms with Gasteiger partial charge < -0.3 is 0 Å². The molecule has 2 atom stereocenters. The van der Waals surface area contributed by atoms with Crippen molar-refractivity contribution in [2.75, 3.05) is 0 Å². The second kappa shape index (κ2) is 5.18. The van der Waals surface area contributed by atoms with Gasteiger partial charge in [-0.2, -0.15) is 0 Å². The van der Waals surface area contributed by atoms with E-state index in [1.54, 1.807) is 11.3 Å². The van der Waals surface area contributed by atoms with E-state index in [1.165, 1.54) is 0 Å². The first-order valence-corrected chi connectivity index (χ1v) is 7.11. The number of carbonyl (C=O) groups is 2. The largest absolute Gasteiger partial charge is 0.296 e. The summed E-state index contributed by atoms with van der Waals surface area (Å²) in [5.41, 5.74) is 0.895. The van der Waals surface area contributed by atoms with E-state index in [0.29, 0.717) is 12.3 Å². The molecule has 0 radical (unpaired) electrons. The van der Waals surface area contributed by atoms with E-state index in [4.69, 9.17) is 0 Å². The van der Waals surface area contributed by atoms with E-state index in [9.17, 15) is 9.59 Å². The average molecular weight is 266 g/mol. The van der Waals surface area contributed by atoms with Crippen LogP contribution in [-0.2, 0) is 9.59 Å². The fourth-order valence-corrected chi connectivity index (χ4v) is 3.12. The third-order valence-electron chi connectivity index (χ3n) is 3.23. The Kier molecular flexibility index (Phi) is 3.80. The number of piperidine rings is 1. The summed E-state index contributed by atoms with van der Waals surface area (Å²) < 4.78 is 0. The Morgan fingerprint density at radius 3 is 2.78 bits per heavy atom. The normalized spacial score (nSPS) is 24.4. The molecule has 2 unspecified atom stereocenters. The molecule has 2 heterocycles. The molecule has 5 heteroatoms. The Morgan fingerprint density at radius 2 is 2.22 bits per heavy atom. The van der Waals surface area contributed by atoms with Crippen LogP contribution in [-0.4, -0.2) is 16.8 Å². The number of hydrogen-bond donors (Lipinski definition) is 1. The van der Waals surface area contributed by atoms with Crippen LogP contribution in [0.2, 0.25) is 0 Å². The molecular weight excluding hydrogens is 248 g/mol. The third-order valence-corrected chi connectivity index (χ3v) is 4.02. The van der Waals surface area contributed by atoms with Crippen LogP contribution in [0.25, 0.3) is 0 Å². The summed E-state index contributed by atoms with van der Waals surface area (Å²) in [5, 5.41) is 5.39. The highest BCUT2D eigenvalue weighted by molar-refractivity contribution is 7.09. The van der Waals surface area contributed by atoms with Crippen molar-refractivity contribution in [3.05, 3.63) is 16.1 Å². The van der Waals surface area contributed by atoms with Crippen molar-refractivity contribution >= 4 is 23.2 Å². The predicted molar refractivity (Wildman–Crippen MR) is 70.3 cm³/mol. The number of rotatable bonds is 3. The lowest BCUT2D eigenvalue weighted by Crippen LogP contribution is -2.45. The second-order valence-electron chi connectivity index (χ2n) is 5.25. The molecule has 1 fully saturated rings. The molecule has 0 spiro atoms. The molecule has 4 nitrogen and oxygen atoms in total. The summed E-state index contributed by atoms with van der Waals surface area (Å²) in [6.07, 6.45) is 1.16. The van der Waals surface area contributed by atoms with Gasteiger partial charge in [-0.05, 0) is 19.3 Å². The minimum absolute atomic E-state index is 0.0569. The molecule has 98 valence electrons. The molecule has 0 bridgehead atoms. The fraction of sp³-hybridized carbons (Fsp3) is 0.615. The van der Waals surface area contributed by atoms with Crippen molar-refractivity contribution in [3.8, 4) is 0 Å². The lowest BCUT2D eigenvalue weighted by molar-refractivity contribution is -0.137. The van der Waals surface area contributed by atoms with Gasteiger partial charge in [-0.15, -0.1) is 11.3 Å². The number of aryl methyl sites for hydroxylation is 1. The summed E-state index contributed by atoms with van der Waals surface area (Å²) in [7, 11) is 0. The van der Waals surface area contributed by atoms with Crippen molar-refractivity contribution < 1.29 is 9.59 Å². The second-order valence-corrected chi connectivity index (χ2v) is 6.31. The Balaban J connectivity index is 2.27. The van der Waals surface area contributed by atoms with E-state index in [1.807, 2.05) is 12.3 Å². The summed E-state index contributed by atoms with van der Waals surface area (Å²) in [4.78, 5) is 28.0. The number of amides is 2. The van der Waals surface area contributed by atoms with Gasteiger partial charge >= 0.3 is 0 Å². The summed E-state index contributed by atoms with van der Waals surface area (Å²) in [5.74, 6) is -0.0924. The molecule has 0 aliphatic carbocycles. The molecule has 0 aromatic carbocycles. The van der Waals surface area contributed by atoms with Crippen LogP contribution >= 0.6 is 11.3 Å². The maximum absolute atomic E-state index is 12.0. The highest BCUT2D eigenvalue weighted by Gasteiger charge is 2.38. The number of nitrogens with zero attached hydrogens (tertiary/aromatic N) is 1. The monoisotopic (exact) mass is 266 g/mol. The van der Waals surface area contributed by atoms with Gasteiger partial charge in [0.15, 0.2) is 0 Å². The van der Waals surface area contributed by atoms with Crippen molar-refractivity contribution in [1.82, 2.24) is 10.3 Å². The zero-order chi connectivity index (χ0) is 13.3.